The molecule has 0 aliphatic heterocycles. The number of rotatable bonds is 5. The molecule has 1 amide bonds. The van der Waals surface area contributed by atoms with Crippen molar-refractivity contribution in [1.29, 1.82) is 5.26 Å². The largest absolute Gasteiger partial charge is 0.383 e. The molecule has 0 saturated heterocycles. The van der Waals surface area contributed by atoms with Crippen LogP contribution in [0.25, 0.3) is 6.08 Å². The van der Waals surface area contributed by atoms with Crippen LogP contribution in [0.1, 0.15) is 11.1 Å². The summed E-state index contributed by atoms with van der Waals surface area (Å²) in [4.78, 5) is 22.9. The van der Waals surface area contributed by atoms with Crippen LogP contribution < -0.4 is 10.6 Å². The zero-order chi connectivity index (χ0) is 19.3. The van der Waals surface area contributed by atoms with Gasteiger partial charge in [0.1, 0.15) is 17.3 Å². The molecule has 2 aromatic rings. The van der Waals surface area contributed by atoms with Crippen LogP contribution in [-0.2, 0) is 4.79 Å². The van der Waals surface area contributed by atoms with Gasteiger partial charge in [-0.3, -0.25) is 14.9 Å². The Morgan fingerprint density at radius 2 is 2.04 bits per heavy atom. The summed E-state index contributed by atoms with van der Waals surface area (Å²) >= 11 is 6.02. The van der Waals surface area contributed by atoms with Crippen LogP contribution in [0.5, 0.6) is 0 Å². The average molecular weight is 371 g/mol. The Morgan fingerprint density at radius 3 is 2.65 bits per heavy atom. The highest BCUT2D eigenvalue weighted by Gasteiger charge is 2.15. The molecule has 0 atom stereocenters. The first kappa shape index (κ1) is 19.0. The van der Waals surface area contributed by atoms with Crippen molar-refractivity contribution >= 4 is 40.6 Å². The van der Waals surface area contributed by atoms with Crippen LogP contribution in [0.3, 0.4) is 0 Å². The molecule has 0 radical (unpaired) electrons. The molecule has 0 heterocycles. The van der Waals surface area contributed by atoms with Crippen LogP contribution in [0.4, 0.5) is 17.1 Å². The summed E-state index contributed by atoms with van der Waals surface area (Å²) in [7, 11) is 1.57. The van der Waals surface area contributed by atoms with Crippen LogP contribution >= 0.6 is 11.6 Å². The number of anilines is 2. The van der Waals surface area contributed by atoms with E-state index in [1.807, 2.05) is 6.07 Å². The first-order chi connectivity index (χ1) is 12.4. The molecular weight excluding hydrogens is 356 g/mol. The summed E-state index contributed by atoms with van der Waals surface area (Å²) < 4.78 is 0. The normalized spacial score (nSPS) is 10.8. The van der Waals surface area contributed by atoms with E-state index in [1.165, 1.54) is 18.2 Å². The van der Waals surface area contributed by atoms with Crippen LogP contribution in [-0.4, -0.2) is 17.9 Å². The highest BCUT2D eigenvalue weighted by molar-refractivity contribution is 6.31. The van der Waals surface area contributed by atoms with E-state index in [0.717, 1.165) is 0 Å². The number of benzene rings is 2. The molecular formula is C18H15ClN4O3. The van der Waals surface area contributed by atoms with Gasteiger partial charge in [-0.25, -0.2) is 0 Å². The number of nitro groups is 1. The van der Waals surface area contributed by atoms with Gasteiger partial charge < -0.3 is 10.6 Å². The van der Waals surface area contributed by atoms with Crippen molar-refractivity contribution in [2.24, 2.45) is 0 Å². The maximum Gasteiger partial charge on any atom is 0.292 e. The Labute approximate surface area is 155 Å². The number of nitriles is 1. The third-order valence-corrected chi connectivity index (χ3v) is 4.09. The lowest BCUT2D eigenvalue weighted by molar-refractivity contribution is -0.384. The number of amides is 1. The van der Waals surface area contributed by atoms with Gasteiger partial charge in [-0.1, -0.05) is 23.7 Å². The van der Waals surface area contributed by atoms with Gasteiger partial charge in [-0.2, -0.15) is 5.26 Å². The Kier molecular flexibility index (Phi) is 5.94. The zero-order valence-corrected chi connectivity index (χ0v) is 14.8. The average Bonchev–Trinajstić information content (AvgIpc) is 2.63. The fourth-order valence-corrected chi connectivity index (χ4v) is 2.42. The minimum Gasteiger partial charge on any atom is -0.383 e. The van der Waals surface area contributed by atoms with E-state index in [2.05, 4.69) is 10.6 Å². The lowest BCUT2D eigenvalue weighted by Crippen LogP contribution is -2.14. The van der Waals surface area contributed by atoms with Crippen molar-refractivity contribution in [2.75, 3.05) is 17.7 Å². The summed E-state index contributed by atoms with van der Waals surface area (Å²) in [6.07, 6.45) is 1.29. The van der Waals surface area contributed by atoms with Gasteiger partial charge in [0.15, 0.2) is 0 Å². The lowest BCUT2D eigenvalue weighted by Gasteiger charge is -2.09. The van der Waals surface area contributed by atoms with Crippen molar-refractivity contribution in [1.82, 2.24) is 0 Å². The zero-order valence-electron chi connectivity index (χ0n) is 14.0. The highest BCUT2D eigenvalue weighted by atomic mass is 35.5. The van der Waals surface area contributed by atoms with Crippen molar-refractivity contribution in [3.63, 3.8) is 0 Å². The number of carbonyl (C=O) groups is 1. The van der Waals surface area contributed by atoms with Gasteiger partial charge in [0.05, 0.1) is 4.92 Å². The molecule has 2 rings (SSSR count). The fourth-order valence-electron chi connectivity index (χ4n) is 2.25. The Hall–Kier alpha value is -3.37. The van der Waals surface area contributed by atoms with E-state index in [-0.39, 0.29) is 11.3 Å². The molecule has 7 nitrogen and oxygen atoms in total. The quantitative estimate of drug-likeness (QED) is 0.356. The lowest BCUT2D eigenvalue weighted by atomic mass is 10.1. The molecule has 0 saturated carbocycles. The first-order valence-electron chi connectivity index (χ1n) is 7.51. The summed E-state index contributed by atoms with van der Waals surface area (Å²) in [6.45, 7) is 1.74. The molecule has 0 unspecified atom stereocenters. The molecule has 0 fully saturated rings. The third-order valence-electron chi connectivity index (χ3n) is 3.68. The monoisotopic (exact) mass is 370 g/mol. The second-order valence-corrected chi connectivity index (χ2v) is 5.73. The first-order valence-corrected chi connectivity index (χ1v) is 7.89. The molecule has 0 aliphatic rings. The number of nitrogens with zero attached hydrogens (tertiary/aromatic N) is 2. The summed E-state index contributed by atoms with van der Waals surface area (Å²) in [5.41, 5.74) is 1.53. The molecule has 0 aliphatic carbocycles. The maximum absolute atomic E-state index is 12.4. The highest BCUT2D eigenvalue weighted by Crippen LogP contribution is 2.27. The molecule has 2 aromatic carbocycles. The van der Waals surface area contributed by atoms with Gasteiger partial charge in [-0.15, -0.1) is 0 Å². The Bertz CT molecular complexity index is 948. The number of halogens is 1. The van der Waals surface area contributed by atoms with Crippen LogP contribution in [0.2, 0.25) is 5.02 Å². The van der Waals surface area contributed by atoms with E-state index in [4.69, 9.17) is 11.6 Å². The molecule has 0 bridgehead atoms. The molecule has 0 aromatic heterocycles. The number of hydrogen-bond donors (Lipinski definition) is 2. The van der Waals surface area contributed by atoms with Crippen molar-refractivity contribution < 1.29 is 9.72 Å². The number of carbonyl (C=O) groups excluding carboxylic acids is 1. The smallest absolute Gasteiger partial charge is 0.292 e. The SMILES string of the molecule is CNc1ccc(/C=C(\C#N)C(=O)Nc2cccc(Cl)c2C)cc1[N+](=O)[O-]. The van der Waals surface area contributed by atoms with Crippen LogP contribution in [0.15, 0.2) is 42.0 Å². The molecule has 26 heavy (non-hydrogen) atoms. The van der Waals surface area contributed by atoms with Crippen molar-refractivity contribution in [3.8, 4) is 6.07 Å². The molecule has 2 N–H and O–H groups in total. The Balaban J connectivity index is 2.34. The predicted molar refractivity (Wildman–Crippen MR) is 101 cm³/mol. The minimum absolute atomic E-state index is 0.148. The van der Waals surface area contributed by atoms with Crippen molar-refractivity contribution in [2.45, 2.75) is 6.92 Å². The number of hydrogen-bond acceptors (Lipinski definition) is 5. The van der Waals surface area contributed by atoms with E-state index in [0.29, 0.717) is 27.5 Å². The van der Waals surface area contributed by atoms with Gasteiger partial charge in [0.2, 0.25) is 0 Å². The van der Waals surface area contributed by atoms with Gasteiger partial charge in [-0.05, 0) is 42.3 Å². The predicted octanol–water partition coefficient (Wildman–Crippen LogP) is 4.14. The second-order valence-electron chi connectivity index (χ2n) is 5.32. The third kappa shape index (κ3) is 4.18. The van der Waals surface area contributed by atoms with E-state index in [9.17, 15) is 20.2 Å². The molecule has 0 spiro atoms. The summed E-state index contributed by atoms with van der Waals surface area (Å²) in [5, 5.41) is 26.2. The van der Waals surface area contributed by atoms with E-state index < -0.39 is 10.8 Å². The molecule has 132 valence electrons. The van der Waals surface area contributed by atoms with Gasteiger partial charge in [0.25, 0.3) is 11.6 Å². The maximum atomic E-state index is 12.4. The van der Waals surface area contributed by atoms with Gasteiger partial charge >= 0.3 is 0 Å². The summed E-state index contributed by atoms with van der Waals surface area (Å²) in [6, 6.07) is 11.2. The van der Waals surface area contributed by atoms with E-state index in [1.54, 1.807) is 38.2 Å². The number of nitrogens with one attached hydrogen (secondary N) is 2. The van der Waals surface area contributed by atoms with Crippen molar-refractivity contribution in [3.05, 3.63) is 68.2 Å². The minimum atomic E-state index is -0.627. The Morgan fingerprint density at radius 1 is 1.31 bits per heavy atom. The fraction of sp³-hybridized carbons (Fsp3) is 0.111. The van der Waals surface area contributed by atoms with E-state index >= 15 is 0 Å². The summed E-state index contributed by atoms with van der Waals surface area (Å²) in [5.74, 6) is -0.627. The topological polar surface area (TPSA) is 108 Å². The molecule has 8 heteroatoms. The van der Waals surface area contributed by atoms with Gasteiger partial charge in [0, 0.05) is 23.8 Å². The number of nitro benzene ring substituents is 1. The standard InChI is InChI=1S/C18H15ClN4O3/c1-11-14(19)4-3-5-15(11)22-18(24)13(10-20)8-12-6-7-16(21-2)17(9-12)23(25)26/h3-9,21H,1-2H3,(H,22,24)/b13-8+. The second kappa shape index (κ2) is 8.14. The van der Waals surface area contributed by atoms with Crippen LogP contribution in [0, 0.1) is 28.4 Å².